The molecule has 0 radical (unpaired) electrons. The van der Waals surface area contributed by atoms with E-state index in [9.17, 15) is 0 Å². The van der Waals surface area contributed by atoms with Crippen molar-refractivity contribution in [1.82, 2.24) is 4.57 Å². The van der Waals surface area contributed by atoms with Gasteiger partial charge in [-0.15, -0.1) is 0 Å². The maximum atomic E-state index is 5.69. The van der Waals surface area contributed by atoms with Crippen molar-refractivity contribution in [3.63, 3.8) is 0 Å². The highest BCUT2D eigenvalue weighted by Crippen LogP contribution is 2.27. The van der Waals surface area contributed by atoms with Crippen LogP contribution in [0.3, 0.4) is 0 Å². The summed E-state index contributed by atoms with van der Waals surface area (Å²) in [4.78, 5) is 0. The third-order valence-electron chi connectivity index (χ3n) is 3.15. The summed E-state index contributed by atoms with van der Waals surface area (Å²) in [6, 6.07) is 6.26. The fraction of sp³-hybridized carbons (Fsp3) is 0.467. The van der Waals surface area contributed by atoms with Crippen LogP contribution >= 0.6 is 0 Å². The second-order valence-electron chi connectivity index (χ2n) is 5.12. The molecule has 3 nitrogen and oxygen atoms in total. The zero-order valence-electron chi connectivity index (χ0n) is 11.4. The molecule has 3 heteroatoms. The molecule has 98 valence electrons. The molecule has 18 heavy (non-hydrogen) atoms. The van der Waals surface area contributed by atoms with E-state index in [2.05, 4.69) is 36.7 Å². The molecule has 0 unspecified atom stereocenters. The molecule has 0 aliphatic heterocycles. The minimum atomic E-state index is 0.633. The van der Waals surface area contributed by atoms with Gasteiger partial charge in [-0.25, -0.2) is 0 Å². The summed E-state index contributed by atoms with van der Waals surface area (Å²) >= 11 is 0. The van der Waals surface area contributed by atoms with Gasteiger partial charge in [-0.05, 0) is 42.6 Å². The molecule has 0 atom stereocenters. The van der Waals surface area contributed by atoms with E-state index in [1.165, 1.54) is 16.5 Å². The molecular weight excluding hydrogens is 224 g/mol. The quantitative estimate of drug-likeness (QED) is 0.881. The monoisotopic (exact) mass is 246 g/mol. The molecule has 2 rings (SSSR count). The maximum absolute atomic E-state index is 5.69. The van der Waals surface area contributed by atoms with E-state index < -0.39 is 0 Å². The molecule has 0 spiro atoms. The van der Waals surface area contributed by atoms with Gasteiger partial charge in [-0.2, -0.15) is 0 Å². The molecule has 2 aromatic rings. The van der Waals surface area contributed by atoms with Gasteiger partial charge in [0, 0.05) is 23.6 Å². The standard InChI is InChI=1S/C15H22N2O/c1-11(2)9-17-10-12(6-7-16)14-8-13(18-3)4-5-15(14)17/h4-5,8,10-11H,6-7,9,16H2,1-3H3. The van der Waals surface area contributed by atoms with E-state index in [4.69, 9.17) is 10.5 Å². The molecule has 0 aliphatic carbocycles. The van der Waals surface area contributed by atoms with Crippen molar-refractivity contribution in [2.24, 2.45) is 11.7 Å². The van der Waals surface area contributed by atoms with Crippen molar-refractivity contribution in [1.29, 1.82) is 0 Å². The molecule has 0 saturated carbocycles. The van der Waals surface area contributed by atoms with Gasteiger partial charge in [0.15, 0.2) is 0 Å². The van der Waals surface area contributed by atoms with Gasteiger partial charge < -0.3 is 15.0 Å². The van der Waals surface area contributed by atoms with Crippen molar-refractivity contribution in [3.8, 4) is 5.75 Å². The minimum Gasteiger partial charge on any atom is -0.497 e. The summed E-state index contributed by atoms with van der Waals surface area (Å²) in [6.07, 6.45) is 3.14. The third-order valence-corrected chi connectivity index (χ3v) is 3.15. The Morgan fingerprint density at radius 2 is 2.11 bits per heavy atom. The van der Waals surface area contributed by atoms with Gasteiger partial charge in [0.2, 0.25) is 0 Å². The second kappa shape index (κ2) is 5.44. The average molecular weight is 246 g/mol. The molecule has 0 bridgehead atoms. The Morgan fingerprint density at radius 1 is 1.33 bits per heavy atom. The Balaban J connectivity index is 2.52. The molecule has 0 aliphatic rings. The SMILES string of the molecule is COc1ccc2c(c1)c(CCN)cn2CC(C)C. The fourth-order valence-electron chi connectivity index (χ4n) is 2.38. The van der Waals surface area contributed by atoms with Crippen LogP contribution in [0.25, 0.3) is 10.9 Å². The van der Waals surface area contributed by atoms with E-state index in [0.717, 1.165) is 18.7 Å². The first kappa shape index (κ1) is 13.0. The highest BCUT2D eigenvalue weighted by molar-refractivity contribution is 5.85. The number of methoxy groups -OCH3 is 1. The van der Waals surface area contributed by atoms with Gasteiger partial charge in [0.1, 0.15) is 5.75 Å². The normalized spacial score (nSPS) is 11.4. The van der Waals surface area contributed by atoms with Crippen molar-refractivity contribution in [2.45, 2.75) is 26.8 Å². The zero-order chi connectivity index (χ0) is 13.1. The highest BCUT2D eigenvalue weighted by atomic mass is 16.5. The summed E-state index contributed by atoms with van der Waals surface area (Å²) in [5.41, 5.74) is 8.28. The summed E-state index contributed by atoms with van der Waals surface area (Å²) in [7, 11) is 1.70. The molecule has 1 aromatic heterocycles. The van der Waals surface area contributed by atoms with Gasteiger partial charge in [-0.3, -0.25) is 0 Å². The van der Waals surface area contributed by atoms with E-state index >= 15 is 0 Å². The number of fused-ring (bicyclic) bond motifs is 1. The van der Waals surface area contributed by atoms with E-state index in [0.29, 0.717) is 12.5 Å². The molecule has 0 amide bonds. The minimum absolute atomic E-state index is 0.633. The van der Waals surface area contributed by atoms with E-state index in [-0.39, 0.29) is 0 Å². The topological polar surface area (TPSA) is 40.2 Å². The van der Waals surface area contributed by atoms with Crippen LogP contribution in [0.5, 0.6) is 5.75 Å². The molecule has 2 N–H and O–H groups in total. The molecular formula is C15H22N2O. The van der Waals surface area contributed by atoms with Crippen molar-refractivity contribution in [2.75, 3.05) is 13.7 Å². The predicted octanol–water partition coefficient (Wildman–Crippen LogP) is 2.81. The van der Waals surface area contributed by atoms with Crippen LogP contribution in [0.1, 0.15) is 19.4 Å². The van der Waals surface area contributed by atoms with Crippen LogP contribution in [0.4, 0.5) is 0 Å². The first-order valence-electron chi connectivity index (χ1n) is 6.51. The Hall–Kier alpha value is -1.48. The lowest BCUT2D eigenvalue weighted by Crippen LogP contribution is -2.03. The summed E-state index contributed by atoms with van der Waals surface area (Å²) < 4.78 is 7.63. The lowest BCUT2D eigenvalue weighted by molar-refractivity contribution is 0.415. The van der Waals surface area contributed by atoms with Crippen molar-refractivity contribution >= 4 is 10.9 Å². The van der Waals surface area contributed by atoms with Crippen LogP contribution < -0.4 is 10.5 Å². The predicted molar refractivity (Wildman–Crippen MR) is 76.1 cm³/mol. The largest absolute Gasteiger partial charge is 0.497 e. The van der Waals surface area contributed by atoms with Crippen molar-refractivity contribution < 1.29 is 4.74 Å². The second-order valence-corrected chi connectivity index (χ2v) is 5.12. The number of nitrogens with zero attached hydrogens (tertiary/aromatic N) is 1. The number of nitrogens with two attached hydrogens (primary N) is 1. The summed E-state index contributed by atoms with van der Waals surface area (Å²) in [5, 5.41) is 1.26. The number of ether oxygens (including phenoxy) is 1. The Bertz CT molecular complexity index is 529. The fourth-order valence-corrected chi connectivity index (χ4v) is 2.38. The molecule has 0 saturated heterocycles. The van der Waals surface area contributed by atoms with Crippen LogP contribution in [-0.4, -0.2) is 18.2 Å². The molecule has 1 aromatic carbocycles. The first-order chi connectivity index (χ1) is 8.65. The van der Waals surface area contributed by atoms with Crippen LogP contribution in [0.15, 0.2) is 24.4 Å². The van der Waals surface area contributed by atoms with Gasteiger partial charge in [0.05, 0.1) is 7.11 Å². The molecule has 0 fully saturated rings. The third kappa shape index (κ3) is 2.51. The lowest BCUT2D eigenvalue weighted by atomic mass is 10.1. The van der Waals surface area contributed by atoms with Crippen LogP contribution in [0.2, 0.25) is 0 Å². The van der Waals surface area contributed by atoms with Crippen LogP contribution in [-0.2, 0) is 13.0 Å². The van der Waals surface area contributed by atoms with E-state index in [1.807, 2.05) is 6.07 Å². The van der Waals surface area contributed by atoms with Crippen molar-refractivity contribution in [3.05, 3.63) is 30.0 Å². The number of aromatic nitrogens is 1. The number of hydrogen-bond donors (Lipinski definition) is 1. The first-order valence-corrected chi connectivity index (χ1v) is 6.51. The Kier molecular flexibility index (Phi) is 3.92. The molecule has 1 heterocycles. The summed E-state index contributed by atoms with van der Waals surface area (Å²) in [5.74, 6) is 1.54. The maximum Gasteiger partial charge on any atom is 0.119 e. The average Bonchev–Trinajstić information content (AvgIpc) is 2.67. The number of rotatable bonds is 5. The van der Waals surface area contributed by atoms with Crippen LogP contribution in [0, 0.1) is 5.92 Å². The number of benzene rings is 1. The lowest BCUT2D eigenvalue weighted by Gasteiger charge is -2.08. The highest BCUT2D eigenvalue weighted by Gasteiger charge is 2.10. The van der Waals surface area contributed by atoms with Gasteiger partial charge in [-0.1, -0.05) is 13.8 Å². The van der Waals surface area contributed by atoms with E-state index in [1.54, 1.807) is 7.11 Å². The number of hydrogen-bond acceptors (Lipinski definition) is 2. The Labute approximate surface area is 109 Å². The smallest absolute Gasteiger partial charge is 0.119 e. The zero-order valence-corrected chi connectivity index (χ0v) is 11.4. The van der Waals surface area contributed by atoms with Gasteiger partial charge >= 0.3 is 0 Å². The van der Waals surface area contributed by atoms with Gasteiger partial charge in [0.25, 0.3) is 0 Å². The summed E-state index contributed by atoms with van der Waals surface area (Å²) in [6.45, 7) is 6.18. The Morgan fingerprint density at radius 3 is 2.72 bits per heavy atom.